The van der Waals surface area contributed by atoms with Gasteiger partial charge >= 0.3 is 0 Å². The van der Waals surface area contributed by atoms with Gasteiger partial charge in [-0.1, -0.05) is 0 Å². The number of hydrogen-bond donors (Lipinski definition) is 4. The Kier molecular flexibility index (Phi) is 9.19. The van der Waals surface area contributed by atoms with Crippen molar-refractivity contribution >= 4 is 45.6 Å². The number of anilines is 2. The molecule has 1 saturated heterocycles. The van der Waals surface area contributed by atoms with Crippen molar-refractivity contribution in [2.24, 2.45) is 19.8 Å². The zero-order valence-corrected chi connectivity index (χ0v) is 28.7. The van der Waals surface area contributed by atoms with Crippen molar-refractivity contribution in [3.05, 3.63) is 72.8 Å². The number of primary amides is 1. The van der Waals surface area contributed by atoms with Gasteiger partial charge < -0.3 is 34.8 Å². The fourth-order valence-corrected chi connectivity index (χ4v) is 5.81. The van der Waals surface area contributed by atoms with Gasteiger partial charge in [-0.3, -0.25) is 24.3 Å². The minimum Gasteiger partial charge on any atom is -0.494 e. The van der Waals surface area contributed by atoms with Crippen LogP contribution in [-0.4, -0.2) is 102 Å². The van der Waals surface area contributed by atoms with Gasteiger partial charge in [0.15, 0.2) is 5.82 Å². The number of carbonyl (C=O) groups excluding carboxylic acids is 2. The standard InChI is InChI=1S/C21H22N8O3.C13H13N5O2/c1-28-12-14(10-24-28)15-11-23-20(31-2)18-17(15)25-21(26-18)27-19(30)13-3-4-22-16(9-13)29-5-7-32-8-6-29;1-18-6-7(5-15-18)8-3-4-9(20-2)11-10(8)16-13(17-11)12(14)19/h3-4,9-12H,5-8H2,1-2H3,(H2,25,26,27,30);3-6H,1-2H3,(H2,14,19)(H,16,17). The number of nitrogens with one attached hydrogen (secondary N) is 3. The first-order valence-electron chi connectivity index (χ1n) is 16.1. The predicted octanol–water partition coefficient (Wildman–Crippen LogP) is 2.92. The van der Waals surface area contributed by atoms with Gasteiger partial charge in [-0.2, -0.15) is 10.2 Å². The number of aryl methyl sites for hydroxylation is 2. The highest BCUT2D eigenvalue weighted by atomic mass is 16.5. The van der Waals surface area contributed by atoms with Gasteiger partial charge in [-0.05, 0) is 24.3 Å². The smallest absolute Gasteiger partial charge is 0.284 e. The monoisotopic (exact) mass is 705 g/mol. The summed E-state index contributed by atoms with van der Waals surface area (Å²) in [5.74, 6) is 1.24. The topological polar surface area (TPSA) is 222 Å². The third-order valence-corrected chi connectivity index (χ3v) is 8.34. The van der Waals surface area contributed by atoms with E-state index in [2.05, 4.69) is 50.3 Å². The van der Waals surface area contributed by atoms with Crippen LogP contribution in [0.25, 0.3) is 44.3 Å². The van der Waals surface area contributed by atoms with Crippen LogP contribution in [0.4, 0.5) is 11.8 Å². The van der Waals surface area contributed by atoms with Crippen LogP contribution < -0.4 is 25.4 Å². The maximum absolute atomic E-state index is 12.9. The SMILES string of the molecule is COc1ccc(-c2cnn(C)c2)c2nc(C(N)=O)[nH]c12.COc1ncc(-c2cnn(C)c2)c2nc(NC(=O)c3ccnc(N4CCOCC4)c3)[nH]c12. The maximum atomic E-state index is 12.9. The number of fused-ring (bicyclic) bond motifs is 2. The van der Waals surface area contributed by atoms with Crippen LogP contribution in [0.1, 0.15) is 21.0 Å². The van der Waals surface area contributed by atoms with E-state index in [4.69, 9.17) is 19.9 Å². The second-order valence-corrected chi connectivity index (χ2v) is 11.7. The zero-order valence-electron chi connectivity index (χ0n) is 28.7. The number of imidazole rings is 2. The second kappa shape index (κ2) is 14.2. The lowest BCUT2D eigenvalue weighted by atomic mass is 10.1. The van der Waals surface area contributed by atoms with Crippen molar-refractivity contribution in [3.8, 4) is 33.9 Å². The van der Waals surface area contributed by atoms with Gasteiger partial charge in [-0.25, -0.2) is 19.9 Å². The van der Waals surface area contributed by atoms with E-state index in [1.165, 1.54) is 7.11 Å². The zero-order chi connectivity index (χ0) is 36.4. The number of pyridine rings is 2. The highest BCUT2D eigenvalue weighted by molar-refractivity contribution is 6.05. The van der Waals surface area contributed by atoms with E-state index in [0.29, 0.717) is 58.4 Å². The number of aromatic amines is 2. The van der Waals surface area contributed by atoms with Crippen molar-refractivity contribution in [1.82, 2.24) is 49.5 Å². The first kappa shape index (κ1) is 33.7. The lowest BCUT2D eigenvalue weighted by Crippen LogP contribution is -2.36. The van der Waals surface area contributed by atoms with Gasteiger partial charge in [0.1, 0.15) is 33.6 Å². The Morgan fingerprint density at radius 2 is 1.58 bits per heavy atom. The minimum atomic E-state index is -0.611. The molecule has 1 aliphatic rings. The molecule has 0 spiro atoms. The molecule has 0 radical (unpaired) electrons. The molecular weight excluding hydrogens is 670 g/mol. The summed E-state index contributed by atoms with van der Waals surface area (Å²) in [6.45, 7) is 2.77. The maximum Gasteiger partial charge on any atom is 0.284 e. The summed E-state index contributed by atoms with van der Waals surface area (Å²) in [7, 11) is 6.77. The molecule has 7 heterocycles. The number of nitrogens with zero attached hydrogens (tertiary/aromatic N) is 9. The molecule has 1 aromatic carbocycles. The summed E-state index contributed by atoms with van der Waals surface area (Å²) in [4.78, 5) is 49.9. The summed E-state index contributed by atoms with van der Waals surface area (Å²) in [5, 5.41) is 11.2. The summed E-state index contributed by atoms with van der Waals surface area (Å²) in [5.41, 5.74) is 11.7. The number of benzene rings is 1. The average Bonchev–Trinajstić information content (AvgIpc) is 3.98. The normalized spacial score (nSPS) is 12.8. The highest BCUT2D eigenvalue weighted by Crippen LogP contribution is 2.33. The molecule has 1 fully saturated rings. The Bertz CT molecular complexity index is 2400. The van der Waals surface area contributed by atoms with Gasteiger partial charge in [0.05, 0.1) is 39.8 Å². The van der Waals surface area contributed by atoms with E-state index in [9.17, 15) is 9.59 Å². The highest BCUT2D eigenvalue weighted by Gasteiger charge is 2.20. The van der Waals surface area contributed by atoms with Crippen LogP contribution in [0.2, 0.25) is 0 Å². The van der Waals surface area contributed by atoms with Gasteiger partial charge in [0.2, 0.25) is 11.8 Å². The number of aromatic nitrogens is 10. The molecule has 0 saturated carbocycles. The molecule has 18 heteroatoms. The summed E-state index contributed by atoms with van der Waals surface area (Å²) in [6.07, 6.45) is 10.5. The van der Waals surface area contributed by atoms with Crippen molar-refractivity contribution < 1.29 is 23.8 Å². The molecule has 6 aromatic heterocycles. The largest absolute Gasteiger partial charge is 0.494 e. The summed E-state index contributed by atoms with van der Waals surface area (Å²) < 4.78 is 19.4. The van der Waals surface area contributed by atoms with Crippen LogP contribution >= 0.6 is 0 Å². The van der Waals surface area contributed by atoms with Gasteiger partial charge in [0.25, 0.3) is 11.8 Å². The number of H-pyrrole nitrogens is 2. The molecule has 5 N–H and O–H groups in total. The molecule has 2 amide bonds. The minimum absolute atomic E-state index is 0.106. The lowest BCUT2D eigenvalue weighted by Gasteiger charge is -2.27. The molecular formula is C34H35N13O5. The van der Waals surface area contributed by atoms with Crippen molar-refractivity contribution in [2.75, 3.05) is 50.7 Å². The first-order chi connectivity index (χ1) is 25.2. The number of methoxy groups -OCH3 is 2. The molecule has 52 heavy (non-hydrogen) atoms. The molecule has 7 aromatic rings. The molecule has 8 rings (SSSR count). The summed E-state index contributed by atoms with van der Waals surface area (Å²) in [6, 6.07) is 7.13. The third-order valence-electron chi connectivity index (χ3n) is 8.34. The molecule has 0 bridgehead atoms. The van der Waals surface area contributed by atoms with Crippen molar-refractivity contribution in [1.29, 1.82) is 0 Å². The van der Waals surface area contributed by atoms with E-state index < -0.39 is 5.91 Å². The molecule has 18 nitrogen and oxygen atoms in total. The van der Waals surface area contributed by atoms with E-state index >= 15 is 0 Å². The fraction of sp³-hybridized carbons (Fsp3) is 0.235. The van der Waals surface area contributed by atoms with E-state index in [0.717, 1.165) is 41.2 Å². The Morgan fingerprint density at radius 3 is 2.23 bits per heavy atom. The van der Waals surface area contributed by atoms with E-state index in [1.807, 2.05) is 38.6 Å². The Morgan fingerprint density at radius 1 is 0.865 bits per heavy atom. The van der Waals surface area contributed by atoms with Crippen LogP contribution in [-0.2, 0) is 18.8 Å². The van der Waals surface area contributed by atoms with E-state index in [-0.39, 0.29) is 11.7 Å². The van der Waals surface area contributed by atoms with Crippen LogP contribution in [0, 0.1) is 0 Å². The second-order valence-electron chi connectivity index (χ2n) is 11.7. The number of hydrogen-bond acceptors (Lipinski definition) is 12. The fourth-order valence-electron chi connectivity index (χ4n) is 5.81. The summed E-state index contributed by atoms with van der Waals surface area (Å²) >= 11 is 0. The molecule has 266 valence electrons. The van der Waals surface area contributed by atoms with Gasteiger partial charge in [-0.15, -0.1) is 0 Å². The Labute approximate surface area is 295 Å². The number of ether oxygens (including phenoxy) is 3. The number of amides is 2. The Hall–Kier alpha value is -6.82. The quantitative estimate of drug-likeness (QED) is 0.179. The first-order valence-corrected chi connectivity index (χ1v) is 16.1. The lowest BCUT2D eigenvalue weighted by molar-refractivity contribution is 0.0989. The number of rotatable bonds is 8. The van der Waals surface area contributed by atoms with E-state index in [1.54, 1.807) is 53.4 Å². The predicted molar refractivity (Wildman–Crippen MR) is 191 cm³/mol. The average molecular weight is 706 g/mol. The molecule has 0 aliphatic carbocycles. The van der Waals surface area contributed by atoms with Crippen LogP contribution in [0.15, 0.2) is 61.4 Å². The third kappa shape index (κ3) is 6.69. The Balaban J connectivity index is 0.000000180. The number of nitrogens with two attached hydrogens (primary N) is 1. The van der Waals surface area contributed by atoms with Crippen LogP contribution in [0.5, 0.6) is 11.6 Å². The number of carbonyl (C=O) groups is 2. The number of morpholine rings is 1. The molecule has 1 aliphatic heterocycles. The van der Waals surface area contributed by atoms with Crippen molar-refractivity contribution in [2.45, 2.75) is 0 Å². The molecule has 0 atom stereocenters. The van der Waals surface area contributed by atoms with Crippen molar-refractivity contribution in [3.63, 3.8) is 0 Å². The van der Waals surface area contributed by atoms with Crippen LogP contribution in [0.3, 0.4) is 0 Å². The van der Waals surface area contributed by atoms with Gasteiger partial charge in [0, 0.05) is 79.8 Å². The molecule has 0 unspecified atom stereocenters.